The van der Waals surface area contributed by atoms with Crippen LogP contribution in [0.2, 0.25) is 5.02 Å². The van der Waals surface area contributed by atoms with Crippen LogP contribution in [0, 0.1) is 0 Å². The lowest BCUT2D eigenvalue weighted by Gasteiger charge is -2.01. The lowest BCUT2D eigenvalue weighted by molar-refractivity contribution is -0.144. The molecule has 0 unspecified atom stereocenters. The fourth-order valence-electron chi connectivity index (χ4n) is 1.20. The molecule has 0 spiro atoms. The van der Waals surface area contributed by atoms with Gasteiger partial charge in [-0.3, -0.25) is 5.10 Å². The van der Waals surface area contributed by atoms with Crippen LogP contribution in [0.3, 0.4) is 0 Å². The molecule has 0 aliphatic rings. The molecule has 2 rings (SSSR count). The third-order valence-electron chi connectivity index (χ3n) is 2.05. The van der Waals surface area contributed by atoms with Crippen LogP contribution in [-0.4, -0.2) is 15.2 Å². The van der Waals surface area contributed by atoms with E-state index in [1.807, 2.05) is 5.10 Å². The second-order valence-corrected chi connectivity index (χ2v) is 4.69. The fourth-order valence-corrected chi connectivity index (χ4v) is 2.28. The number of alkyl halides is 3. The number of thioether (sulfide) groups is 1. The molecule has 0 atom stereocenters. The lowest BCUT2D eigenvalue weighted by atomic mass is 10.2. The Morgan fingerprint density at radius 3 is 2.61 bits per heavy atom. The molecule has 0 bridgehead atoms. The van der Waals surface area contributed by atoms with Crippen LogP contribution < -0.4 is 0 Å². The van der Waals surface area contributed by atoms with Crippen molar-refractivity contribution in [3.05, 3.63) is 40.7 Å². The molecule has 3 nitrogen and oxygen atoms in total. The van der Waals surface area contributed by atoms with E-state index in [2.05, 4.69) is 10.1 Å². The topological polar surface area (TPSA) is 41.6 Å². The van der Waals surface area contributed by atoms with E-state index >= 15 is 0 Å². The monoisotopic (exact) mass is 293 g/mol. The van der Waals surface area contributed by atoms with Gasteiger partial charge in [-0.1, -0.05) is 41.6 Å². The van der Waals surface area contributed by atoms with Gasteiger partial charge in [0.15, 0.2) is 0 Å². The minimum atomic E-state index is -4.50. The maximum absolute atomic E-state index is 12.3. The number of rotatable bonds is 3. The Morgan fingerprint density at radius 2 is 2.00 bits per heavy atom. The first-order valence-corrected chi connectivity index (χ1v) is 6.19. The number of benzene rings is 1. The number of hydrogen-bond acceptors (Lipinski definition) is 3. The summed E-state index contributed by atoms with van der Waals surface area (Å²) in [6.45, 7) is 0. The Labute approximate surface area is 110 Å². The summed E-state index contributed by atoms with van der Waals surface area (Å²) >= 11 is 7.01. The van der Waals surface area contributed by atoms with Gasteiger partial charge in [0, 0.05) is 10.8 Å². The van der Waals surface area contributed by atoms with E-state index in [-0.39, 0.29) is 5.16 Å². The van der Waals surface area contributed by atoms with Gasteiger partial charge in [-0.05, 0) is 11.6 Å². The normalized spacial score (nSPS) is 11.8. The van der Waals surface area contributed by atoms with Crippen LogP contribution in [0.25, 0.3) is 0 Å². The highest BCUT2D eigenvalue weighted by Gasteiger charge is 2.35. The first kappa shape index (κ1) is 13.2. The Morgan fingerprint density at radius 1 is 1.28 bits per heavy atom. The van der Waals surface area contributed by atoms with E-state index in [9.17, 15) is 13.2 Å². The number of aromatic amines is 1. The number of halogens is 4. The second kappa shape index (κ2) is 5.19. The molecule has 2 aromatic rings. The Bertz CT molecular complexity index is 541. The summed E-state index contributed by atoms with van der Waals surface area (Å²) in [7, 11) is 0. The minimum absolute atomic E-state index is 0.0437. The molecule has 1 N–H and O–H groups in total. The van der Waals surface area contributed by atoms with E-state index < -0.39 is 12.0 Å². The van der Waals surface area contributed by atoms with Crippen molar-refractivity contribution in [2.24, 2.45) is 0 Å². The van der Waals surface area contributed by atoms with E-state index in [1.165, 1.54) is 0 Å². The zero-order valence-electron chi connectivity index (χ0n) is 8.83. The number of hydrogen-bond donors (Lipinski definition) is 1. The average Bonchev–Trinajstić information content (AvgIpc) is 2.76. The first-order valence-electron chi connectivity index (χ1n) is 4.82. The molecule has 0 fully saturated rings. The maximum atomic E-state index is 12.3. The van der Waals surface area contributed by atoms with Crippen molar-refractivity contribution in [1.29, 1.82) is 0 Å². The highest BCUT2D eigenvalue weighted by molar-refractivity contribution is 7.98. The van der Waals surface area contributed by atoms with E-state index in [0.717, 1.165) is 17.3 Å². The first-order chi connectivity index (χ1) is 8.47. The molecule has 0 aliphatic heterocycles. The van der Waals surface area contributed by atoms with Crippen molar-refractivity contribution in [2.75, 3.05) is 0 Å². The lowest BCUT2D eigenvalue weighted by Crippen LogP contribution is -2.07. The highest BCUT2D eigenvalue weighted by Crippen LogP contribution is 2.29. The summed E-state index contributed by atoms with van der Waals surface area (Å²) in [5.74, 6) is -0.682. The summed E-state index contributed by atoms with van der Waals surface area (Å²) in [6, 6.07) is 7.11. The van der Waals surface area contributed by atoms with E-state index in [1.54, 1.807) is 24.3 Å². The molecule has 8 heteroatoms. The predicted octanol–water partition coefficient (Wildman–Crippen LogP) is 3.77. The van der Waals surface area contributed by atoms with E-state index in [4.69, 9.17) is 11.6 Å². The smallest absolute Gasteiger partial charge is 0.254 e. The number of nitrogens with zero attached hydrogens (tertiary/aromatic N) is 2. The van der Waals surface area contributed by atoms with Gasteiger partial charge in [-0.25, -0.2) is 0 Å². The second-order valence-electron chi connectivity index (χ2n) is 3.34. The molecule has 1 heterocycles. The average molecular weight is 294 g/mol. The molecule has 0 radical (unpaired) electrons. The summed E-state index contributed by atoms with van der Waals surface area (Å²) in [4.78, 5) is 3.35. The molecule has 1 aromatic carbocycles. The molecule has 0 amide bonds. The van der Waals surface area contributed by atoms with Gasteiger partial charge in [-0.2, -0.15) is 18.2 Å². The quantitative estimate of drug-likeness (QED) is 0.876. The van der Waals surface area contributed by atoms with Crippen molar-refractivity contribution in [3.63, 3.8) is 0 Å². The van der Waals surface area contributed by atoms with Crippen molar-refractivity contribution in [3.8, 4) is 0 Å². The molecule has 18 heavy (non-hydrogen) atoms. The van der Waals surface area contributed by atoms with Crippen LogP contribution in [0.4, 0.5) is 13.2 Å². The summed E-state index contributed by atoms with van der Waals surface area (Å²) in [5.41, 5.74) is 0.822. The minimum Gasteiger partial charge on any atom is -0.254 e. The summed E-state index contributed by atoms with van der Waals surface area (Å²) in [6.07, 6.45) is -4.50. The zero-order valence-corrected chi connectivity index (χ0v) is 10.4. The van der Waals surface area contributed by atoms with Gasteiger partial charge in [0.1, 0.15) is 0 Å². The molecule has 0 saturated carbocycles. The standard InChI is InChI=1S/C10H7ClF3N3S/c11-7-4-2-1-3-6(7)5-18-9-15-8(16-17-9)10(12,13)14/h1-4H,5H2,(H,15,16,17). The molecule has 96 valence electrons. The van der Waals surface area contributed by atoms with Crippen LogP contribution in [-0.2, 0) is 11.9 Å². The largest absolute Gasteiger partial charge is 0.451 e. The highest BCUT2D eigenvalue weighted by atomic mass is 35.5. The van der Waals surface area contributed by atoms with Crippen molar-refractivity contribution >= 4 is 23.4 Å². The fraction of sp³-hybridized carbons (Fsp3) is 0.200. The number of H-pyrrole nitrogens is 1. The Hall–Kier alpha value is -1.21. The van der Waals surface area contributed by atoms with Gasteiger partial charge in [-0.15, -0.1) is 5.10 Å². The van der Waals surface area contributed by atoms with Crippen molar-refractivity contribution in [1.82, 2.24) is 15.2 Å². The third kappa shape index (κ3) is 3.17. The molecular weight excluding hydrogens is 287 g/mol. The van der Waals surface area contributed by atoms with Gasteiger partial charge in [0.05, 0.1) is 0 Å². The zero-order chi connectivity index (χ0) is 13.2. The van der Waals surface area contributed by atoms with Gasteiger partial charge in [0.25, 0.3) is 0 Å². The third-order valence-corrected chi connectivity index (χ3v) is 3.31. The van der Waals surface area contributed by atoms with Gasteiger partial charge in [0.2, 0.25) is 11.0 Å². The SMILES string of the molecule is FC(F)(F)c1nc(SCc2ccccc2Cl)n[nH]1. The summed E-state index contributed by atoms with van der Waals surface area (Å²) in [5, 5.41) is 5.96. The Balaban J connectivity index is 2.03. The van der Waals surface area contributed by atoms with Crippen molar-refractivity contribution in [2.45, 2.75) is 17.1 Å². The van der Waals surface area contributed by atoms with Crippen LogP contribution in [0.5, 0.6) is 0 Å². The molecule has 1 aromatic heterocycles. The maximum Gasteiger partial charge on any atom is 0.451 e. The summed E-state index contributed by atoms with van der Waals surface area (Å²) < 4.78 is 36.8. The molecule has 0 aliphatic carbocycles. The van der Waals surface area contributed by atoms with Crippen LogP contribution in [0.15, 0.2) is 29.4 Å². The predicted molar refractivity (Wildman–Crippen MR) is 62.4 cm³/mol. The molecule has 0 saturated heterocycles. The Kier molecular flexibility index (Phi) is 3.82. The van der Waals surface area contributed by atoms with Crippen molar-refractivity contribution < 1.29 is 13.2 Å². The van der Waals surface area contributed by atoms with Gasteiger partial charge < -0.3 is 0 Å². The van der Waals surface area contributed by atoms with Crippen LogP contribution in [0.1, 0.15) is 11.4 Å². The number of aromatic nitrogens is 3. The van der Waals surface area contributed by atoms with Gasteiger partial charge >= 0.3 is 6.18 Å². The van der Waals surface area contributed by atoms with Crippen LogP contribution >= 0.6 is 23.4 Å². The molecular formula is C10H7ClF3N3S. The number of nitrogens with one attached hydrogen (secondary N) is 1. The van der Waals surface area contributed by atoms with E-state index in [0.29, 0.717) is 10.8 Å².